The highest BCUT2D eigenvalue weighted by Crippen LogP contribution is 2.24. The summed E-state index contributed by atoms with van der Waals surface area (Å²) in [4.78, 5) is 9.74. The van der Waals surface area contributed by atoms with Gasteiger partial charge in [0.25, 0.3) is 0 Å². The highest BCUT2D eigenvalue weighted by molar-refractivity contribution is 7.13. The molecule has 1 aliphatic rings. The number of piperazine rings is 1. The van der Waals surface area contributed by atoms with Crippen molar-refractivity contribution in [3.05, 3.63) is 11.1 Å². The number of aromatic nitrogens is 1. The lowest BCUT2D eigenvalue weighted by molar-refractivity contribution is 0.231. The summed E-state index contributed by atoms with van der Waals surface area (Å²) in [5.74, 6) is 0.759. The Bertz CT molecular complexity index is 383. The van der Waals surface area contributed by atoms with Crippen molar-refractivity contribution < 1.29 is 0 Å². The van der Waals surface area contributed by atoms with Crippen molar-refractivity contribution in [1.82, 2.24) is 15.2 Å². The van der Waals surface area contributed by atoms with E-state index in [-0.39, 0.29) is 0 Å². The summed E-state index contributed by atoms with van der Waals surface area (Å²) in [6.45, 7) is 12.5. The molecule has 1 saturated heterocycles. The van der Waals surface area contributed by atoms with Gasteiger partial charge in [-0.15, -0.1) is 11.3 Å². The van der Waals surface area contributed by atoms with Crippen molar-refractivity contribution in [2.24, 2.45) is 5.92 Å². The van der Waals surface area contributed by atoms with Crippen molar-refractivity contribution in [3.8, 4) is 0 Å². The fraction of sp³-hybridized carbons (Fsp3) is 0.786. The lowest BCUT2D eigenvalue weighted by Crippen LogP contribution is -2.47. The molecule has 0 spiro atoms. The van der Waals surface area contributed by atoms with Gasteiger partial charge in [-0.05, 0) is 19.9 Å². The molecule has 1 aromatic heterocycles. The summed E-state index contributed by atoms with van der Waals surface area (Å²) >= 11 is 1.77. The van der Waals surface area contributed by atoms with Gasteiger partial charge in [-0.3, -0.25) is 4.90 Å². The van der Waals surface area contributed by atoms with Gasteiger partial charge in [0.2, 0.25) is 0 Å². The normalized spacial score (nSPS) is 19.1. The van der Waals surface area contributed by atoms with E-state index in [0.29, 0.717) is 6.04 Å². The standard InChI is InChI=1S/C14H26N4S/c1-11(2)9-17-5-7-18(8-6-17)14-16-13(10-19-14)12(3)15-4/h10-12,15H,5-9H2,1-4H3. The molecule has 1 unspecified atom stereocenters. The predicted octanol–water partition coefficient (Wildman–Crippen LogP) is 2.20. The number of rotatable bonds is 5. The molecule has 0 saturated carbocycles. The Morgan fingerprint density at radius 2 is 1.95 bits per heavy atom. The average molecular weight is 282 g/mol. The predicted molar refractivity (Wildman–Crippen MR) is 83.1 cm³/mol. The van der Waals surface area contributed by atoms with Crippen LogP contribution in [-0.2, 0) is 0 Å². The zero-order chi connectivity index (χ0) is 13.8. The maximum absolute atomic E-state index is 4.75. The summed E-state index contributed by atoms with van der Waals surface area (Å²) in [5.41, 5.74) is 1.16. The van der Waals surface area contributed by atoms with Gasteiger partial charge in [0.1, 0.15) is 0 Å². The molecule has 0 aromatic carbocycles. The largest absolute Gasteiger partial charge is 0.346 e. The van der Waals surface area contributed by atoms with E-state index in [1.54, 1.807) is 11.3 Å². The van der Waals surface area contributed by atoms with Crippen LogP contribution in [0.15, 0.2) is 5.38 Å². The minimum atomic E-state index is 0.340. The molecule has 2 heterocycles. The Hall–Kier alpha value is -0.650. The van der Waals surface area contributed by atoms with E-state index in [0.717, 1.165) is 37.8 Å². The van der Waals surface area contributed by atoms with Gasteiger partial charge >= 0.3 is 0 Å². The Morgan fingerprint density at radius 3 is 2.53 bits per heavy atom. The van der Waals surface area contributed by atoms with Crippen molar-refractivity contribution in [1.29, 1.82) is 0 Å². The summed E-state index contributed by atoms with van der Waals surface area (Å²) in [5, 5.41) is 6.60. The second-order valence-corrected chi connectivity index (χ2v) is 6.58. The first kappa shape index (κ1) is 14.8. The zero-order valence-electron chi connectivity index (χ0n) is 12.5. The van der Waals surface area contributed by atoms with Crippen molar-refractivity contribution in [2.45, 2.75) is 26.8 Å². The lowest BCUT2D eigenvalue weighted by atomic mass is 10.2. The molecule has 1 aliphatic heterocycles. The average Bonchev–Trinajstić information content (AvgIpc) is 2.87. The lowest BCUT2D eigenvalue weighted by Gasteiger charge is -2.35. The first-order chi connectivity index (χ1) is 9.10. The van der Waals surface area contributed by atoms with Crippen molar-refractivity contribution in [3.63, 3.8) is 0 Å². The molecular formula is C14H26N4S. The Balaban J connectivity index is 1.89. The number of anilines is 1. The van der Waals surface area contributed by atoms with E-state index in [1.807, 2.05) is 7.05 Å². The third kappa shape index (κ3) is 3.91. The quantitative estimate of drug-likeness (QED) is 0.897. The van der Waals surface area contributed by atoms with Crippen LogP contribution in [0.2, 0.25) is 0 Å². The van der Waals surface area contributed by atoms with Gasteiger partial charge in [0.15, 0.2) is 5.13 Å². The molecule has 1 atom stereocenters. The number of hydrogen-bond acceptors (Lipinski definition) is 5. The van der Waals surface area contributed by atoms with E-state index in [2.05, 4.69) is 41.3 Å². The third-order valence-electron chi connectivity index (χ3n) is 3.65. The fourth-order valence-electron chi connectivity index (χ4n) is 2.41. The highest BCUT2D eigenvalue weighted by atomic mass is 32.1. The third-order valence-corrected chi connectivity index (χ3v) is 4.57. The molecule has 108 valence electrons. The van der Waals surface area contributed by atoms with Crippen molar-refractivity contribution >= 4 is 16.5 Å². The molecule has 0 aliphatic carbocycles. The van der Waals surface area contributed by atoms with Crippen LogP contribution < -0.4 is 10.2 Å². The molecule has 1 N–H and O–H groups in total. The van der Waals surface area contributed by atoms with Crippen LogP contribution in [0.1, 0.15) is 32.5 Å². The van der Waals surface area contributed by atoms with Gasteiger partial charge in [-0.1, -0.05) is 13.8 Å². The number of nitrogens with one attached hydrogen (secondary N) is 1. The summed E-state index contributed by atoms with van der Waals surface area (Å²) < 4.78 is 0. The van der Waals surface area contributed by atoms with Crippen LogP contribution in [0, 0.1) is 5.92 Å². The van der Waals surface area contributed by atoms with E-state index in [4.69, 9.17) is 4.98 Å². The van der Waals surface area contributed by atoms with Crippen LogP contribution in [0.5, 0.6) is 0 Å². The first-order valence-corrected chi connectivity index (χ1v) is 8.08. The molecule has 5 heteroatoms. The Morgan fingerprint density at radius 1 is 1.26 bits per heavy atom. The number of hydrogen-bond donors (Lipinski definition) is 1. The van der Waals surface area contributed by atoms with Crippen LogP contribution in [0.25, 0.3) is 0 Å². The summed E-state index contributed by atoms with van der Waals surface area (Å²) in [6, 6.07) is 0.340. The molecule has 4 nitrogen and oxygen atoms in total. The first-order valence-electron chi connectivity index (χ1n) is 7.20. The van der Waals surface area contributed by atoms with Gasteiger partial charge in [-0.25, -0.2) is 4.98 Å². The van der Waals surface area contributed by atoms with Crippen LogP contribution in [0.4, 0.5) is 5.13 Å². The van der Waals surface area contributed by atoms with Gasteiger partial charge in [0.05, 0.1) is 5.69 Å². The topological polar surface area (TPSA) is 31.4 Å². The fourth-order valence-corrected chi connectivity index (χ4v) is 3.38. The van der Waals surface area contributed by atoms with Gasteiger partial charge in [-0.2, -0.15) is 0 Å². The zero-order valence-corrected chi connectivity index (χ0v) is 13.3. The SMILES string of the molecule is CNC(C)c1csc(N2CCN(CC(C)C)CC2)n1. The molecular weight excluding hydrogens is 256 g/mol. The second-order valence-electron chi connectivity index (χ2n) is 5.75. The molecule has 1 aromatic rings. The summed E-state index contributed by atoms with van der Waals surface area (Å²) in [7, 11) is 1.98. The van der Waals surface area contributed by atoms with Gasteiger partial charge in [0, 0.05) is 44.1 Å². The molecule has 2 rings (SSSR count). The smallest absolute Gasteiger partial charge is 0.185 e. The Labute approximate surface area is 120 Å². The minimum Gasteiger partial charge on any atom is -0.346 e. The highest BCUT2D eigenvalue weighted by Gasteiger charge is 2.20. The molecule has 0 bridgehead atoms. The molecule has 0 amide bonds. The Kier molecular flexibility index (Phi) is 5.19. The molecule has 1 fully saturated rings. The van der Waals surface area contributed by atoms with Crippen LogP contribution in [0.3, 0.4) is 0 Å². The maximum atomic E-state index is 4.75. The summed E-state index contributed by atoms with van der Waals surface area (Å²) in [6.07, 6.45) is 0. The van der Waals surface area contributed by atoms with Gasteiger partial charge < -0.3 is 10.2 Å². The number of thiazole rings is 1. The van der Waals surface area contributed by atoms with E-state index in [9.17, 15) is 0 Å². The van der Waals surface area contributed by atoms with Crippen molar-refractivity contribution in [2.75, 3.05) is 44.7 Å². The van der Waals surface area contributed by atoms with E-state index < -0.39 is 0 Å². The van der Waals surface area contributed by atoms with Crippen LogP contribution in [-0.4, -0.2) is 49.7 Å². The maximum Gasteiger partial charge on any atom is 0.185 e. The second kappa shape index (κ2) is 6.68. The minimum absolute atomic E-state index is 0.340. The number of nitrogens with zero attached hydrogens (tertiary/aromatic N) is 3. The van der Waals surface area contributed by atoms with E-state index in [1.165, 1.54) is 11.7 Å². The molecule has 19 heavy (non-hydrogen) atoms. The monoisotopic (exact) mass is 282 g/mol. The van der Waals surface area contributed by atoms with E-state index >= 15 is 0 Å². The molecule has 0 radical (unpaired) electrons. The van der Waals surface area contributed by atoms with Crippen LogP contribution >= 0.6 is 11.3 Å².